The van der Waals surface area contributed by atoms with Gasteiger partial charge in [-0.25, -0.2) is 14.7 Å². The summed E-state index contributed by atoms with van der Waals surface area (Å²) in [4.78, 5) is 36.8. The number of carbonyl (C=O) groups excluding carboxylic acids is 1. The molecule has 3 heterocycles. The molecule has 0 fully saturated rings. The molecule has 2 N–H and O–H groups in total. The minimum absolute atomic E-state index is 0.0276. The molecular formula is C14H16N6O4. The van der Waals surface area contributed by atoms with Gasteiger partial charge in [0.1, 0.15) is 6.04 Å². The Balaban J connectivity index is 1.68. The summed E-state index contributed by atoms with van der Waals surface area (Å²) < 4.78 is 1.24. The number of rotatable bonds is 6. The largest absolute Gasteiger partial charge is 0.480 e. The Kier molecular flexibility index (Phi) is 3.92. The fourth-order valence-electron chi connectivity index (χ4n) is 2.79. The van der Waals surface area contributed by atoms with Gasteiger partial charge in [-0.15, -0.1) is 12.3 Å². The number of aromatic nitrogens is 3. The zero-order valence-corrected chi connectivity index (χ0v) is 12.8. The Morgan fingerprint density at radius 2 is 2.17 bits per heavy atom. The van der Waals surface area contributed by atoms with E-state index in [0.717, 1.165) is 0 Å². The van der Waals surface area contributed by atoms with Gasteiger partial charge in [0, 0.05) is 25.7 Å². The van der Waals surface area contributed by atoms with Gasteiger partial charge in [0.05, 0.1) is 13.1 Å². The second-order valence-corrected chi connectivity index (χ2v) is 5.82. The van der Waals surface area contributed by atoms with E-state index in [1.807, 2.05) is 0 Å². The van der Waals surface area contributed by atoms with Gasteiger partial charge in [0.15, 0.2) is 11.5 Å². The third kappa shape index (κ3) is 2.92. The van der Waals surface area contributed by atoms with E-state index in [2.05, 4.69) is 26.3 Å². The van der Waals surface area contributed by atoms with Crippen LogP contribution in [0.4, 0.5) is 0 Å². The summed E-state index contributed by atoms with van der Waals surface area (Å²) >= 11 is 0. The van der Waals surface area contributed by atoms with Crippen molar-refractivity contribution in [1.29, 1.82) is 0 Å². The van der Waals surface area contributed by atoms with E-state index in [9.17, 15) is 19.5 Å². The molecule has 0 saturated carbocycles. The number of carboxylic acid groups (broad SMARTS) is 1. The summed E-state index contributed by atoms with van der Waals surface area (Å²) in [7, 11) is 0. The zero-order chi connectivity index (χ0) is 17.3. The maximum Gasteiger partial charge on any atom is 0.343 e. The number of nitrogens with zero attached hydrogens (tertiary/aromatic N) is 5. The van der Waals surface area contributed by atoms with Crippen molar-refractivity contribution < 1.29 is 14.7 Å². The molecular weight excluding hydrogens is 316 g/mol. The predicted molar refractivity (Wildman–Crippen MR) is 79.7 cm³/mol. The molecule has 1 atom stereocenters. The number of carboxylic acids is 1. The van der Waals surface area contributed by atoms with Crippen molar-refractivity contribution >= 4 is 11.9 Å². The normalized spacial score (nSPS) is 20.3. The molecule has 1 unspecified atom stereocenters. The molecule has 10 heteroatoms. The van der Waals surface area contributed by atoms with Gasteiger partial charge in [-0.05, 0) is 0 Å². The number of hydrogen-bond donors (Lipinski definition) is 2. The molecule has 2 aliphatic rings. The van der Waals surface area contributed by atoms with Gasteiger partial charge >= 0.3 is 11.7 Å². The van der Waals surface area contributed by atoms with Crippen molar-refractivity contribution in [3.63, 3.8) is 0 Å². The van der Waals surface area contributed by atoms with Gasteiger partial charge in [-0.2, -0.15) is 15.3 Å². The molecule has 0 saturated heterocycles. The number of nitrogens with one attached hydrogen (secondary N) is 1. The zero-order valence-electron chi connectivity index (χ0n) is 12.8. The Morgan fingerprint density at radius 3 is 2.79 bits per heavy atom. The molecule has 24 heavy (non-hydrogen) atoms. The maximum absolute atomic E-state index is 12.5. The smallest absolute Gasteiger partial charge is 0.343 e. The van der Waals surface area contributed by atoms with Crippen molar-refractivity contribution in [2.75, 3.05) is 0 Å². The highest BCUT2D eigenvalue weighted by atomic mass is 16.4. The summed E-state index contributed by atoms with van der Waals surface area (Å²) in [5.74, 6) is 1.36. The number of H-pyrrole nitrogens is 1. The van der Waals surface area contributed by atoms with Crippen LogP contribution in [0.2, 0.25) is 0 Å². The van der Waals surface area contributed by atoms with Crippen LogP contribution in [0, 0.1) is 12.3 Å². The second-order valence-electron chi connectivity index (χ2n) is 5.82. The Morgan fingerprint density at radius 1 is 1.42 bits per heavy atom. The first kappa shape index (κ1) is 15.9. The van der Waals surface area contributed by atoms with Crippen molar-refractivity contribution in [1.82, 2.24) is 19.7 Å². The third-order valence-corrected chi connectivity index (χ3v) is 4.28. The molecule has 126 valence electrons. The molecule has 1 amide bonds. The number of terminal acetylenes is 1. The fourth-order valence-corrected chi connectivity index (χ4v) is 2.79. The summed E-state index contributed by atoms with van der Waals surface area (Å²) in [5.41, 5.74) is -1.07. The average molecular weight is 332 g/mol. The maximum atomic E-state index is 12.5. The van der Waals surface area contributed by atoms with Crippen LogP contribution in [0.3, 0.4) is 0 Å². The average Bonchev–Trinajstić information content (AvgIpc) is 3.26. The number of carbonyl (C=O) groups is 2. The van der Waals surface area contributed by atoms with Crippen LogP contribution < -0.4 is 5.69 Å². The van der Waals surface area contributed by atoms with E-state index in [1.54, 1.807) is 0 Å². The number of aliphatic carboxylic acids is 1. The van der Waals surface area contributed by atoms with E-state index in [4.69, 9.17) is 6.42 Å². The lowest BCUT2D eigenvalue weighted by Gasteiger charge is -2.32. The van der Waals surface area contributed by atoms with Crippen LogP contribution >= 0.6 is 0 Å². The van der Waals surface area contributed by atoms with E-state index in [1.165, 1.54) is 9.47 Å². The van der Waals surface area contributed by atoms with Crippen LogP contribution in [-0.2, 0) is 22.7 Å². The minimum atomic E-state index is -1.16. The second kappa shape index (κ2) is 5.92. The molecule has 0 aromatic carbocycles. The summed E-state index contributed by atoms with van der Waals surface area (Å²) in [6.45, 7) is -0.150. The van der Waals surface area contributed by atoms with Gasteiger partial charge in [-0.1, -0.05) is 0 Å². The first-order valence-corrected chi connectivity index (χ1v) is 7.50. The quantitative estimate of drug-likeness (QED) is 0.691. The van der Waals surface area contributed by atoms with Crippen LogP contribution in [0.1, 0.15) is 31.5 Å². The highest BCUT2D eigenvalue weighted by molar-refractivity contribution is 5.83. The summed E-state index contributed by atoms with van der Waals surface area (Å²) in [6.07, 6.45) is 6.82. The van der Waals surface area contributed by atoms with Crippen LogP contribution in [-0.4, -0.2) is 48.4 Å². The molecule has 10 nitrogen and oxygen atoms in total. The van der Waals surface area contributed by atoms with E-state index >= 15 is 0 Å². The van der Waals surface area contributed by atoms with Crippen LogP contribution in [0.25, 0.3) is 0 Å². The summed E-state index contributed by atoms with van der Waals surface area (Å²) in [6, 6.07) is -1.10. The molecule has 0 bridgehead atoms. The van der Waals surface area contributed by atoms with Gasteiger partial charge in [0.2, 0.25) is 5.91 Å². The molecule has 1 aromatic rings. The van der Waals surface area contributed by atoms with E-state index < -0.39 is 23.4 Å². The number of hydrogen-bond acceptors (Lipinski definition) is 6. The molecule has 1 aromatic heterocycles. The lowest BCUT2D eigenvalue weighted by atomic mass is 10.0. The van der Waals surface area contributed by atoms with Gasteiger partial charge < -0.3 is 10.0 Å². The lowest BCUT2D eigenvalue weighted by Crippen LogP contribution is -2.52. The molecule has 2 aliphatic heterocycles. The minimum Gasteiger partial charge on any atom is -0.480 e. The Bertz CT molecular complexity index is 795. The molecule has 0 spiro atoms. The van der Waals surface area contributed by atoms with Crippen molar-refractivity contribution in [3.05, 3.63) is 16.3 Å². The first-order chi connectivity index (χ1) is 11.5. The lowest BCUT2D eigenvalue weighted by molar-refractivity contribution is -0.153. The molecule has 3 rings (SSSR count). The number of amides is 1. The SMILES string of the molecule is C#CCCC1(CCC(=O)N2Cc3n[nH]c(=O)n3CC2C(=O)O)N=N1. The Hall–Kier alpha value is -2.96. The Labute approximate surface area is 136 Å². The van der Waals surface area contributed by atoms with Crippen LogP contribution in [0.5, 0.6) is 0 Å². The topological polar surface area (TPSA) is 133 Å². The van der Waals surface area contributed by atoms with Gasteiger partial charge in [0.25, 0.3) is 0 Å². The van der Waals surface area contributed by atoms with Crippen LogP contribution in [0.15, 0.2) is 15.0 Å². The summed E-state index contributed by atoms with van der Waals surface area (Å²) in [5, 5.41) is 23.4. The first-order valence-electron chi connectivity index (χ1n) is 7.50. The predicted octanol–water partition coefficient (Wildman–Crippen LogP) is -0.277. The highest BCUT2D eigenvalue weighted by Crippen LogP contribution is 2.37. The van der Waals surface area contributed by atoms with E-state index in [-0.39, 0.29) is 25.4 Å². The fraction of sp³-hybridized carbons (Fsp3) is 0.571. The monoisotopic (exact) mass is 332 g/mol. The van der Waals surface area contributed by atoms with Crippen molar-refractivity contribution in [2.45, 2.75) is 50.5 Å². The number of fused-ring (bicyclic) bond motifs is 1. The third-order valence-electron chi connectivity index (χ3n) is 4.28. The standard InChI is InChI=1S/C14H16N6O4/c1-2-3-5-14(17-18-14)6-4-11(21)19-8-10-15-16-13(24)20(10)7-9(19)12(22)23/h1,9H,3-8H2,(H,16,24)(H,22,23). The van der Waals surface area contributed by atoms with Crippen molar-refractivity contribution in [2.24, 2.45) is 10.2 Å². The van der Waals surface area contributed by atoms with Gasteiger partial charge in [-0.3, -0.25) is 9.36 Å². The number of aromatic amines is 1. The highest BCUT2D eigenvalue weighted by Gasteiger charge is 2.41. The van der Waals surface area contributed by atoms with E-state index in [0.29, 0.717) is 25.1 Å². The molecule has 0 radical (unpaired) electrons. The van der Waals surface area contributed by atoms with Crippen molar-refractivity contribution in [3.8, 4) is 12.3 Å². The molecule has 0 aliphatic carbocycles.